The summed E-state index contributed by atoms with van der Waals surface area (Å²) in [5.41, 5.74) is 14.9. The summed E-state index contributed by atoms with van der Waals surface area (Å²) in [5, 5.41) is 2.27. The molecule has 0 saturated carbocycles. The van der Waals surface area contributed by atoms with Gasteiger partial charge in [-0.1, -0.05) is 128 Å². The summed E-state index contributed by atoms with van der Waals surface area (Å²) in [5.74, 6) is 1.39. The van der Waals surface area contributed by atoms with Gasteiger partial charge < -0.3 is 4.74 Å². The minimum atomic E-state index is -1.25. The molecule has 0 amide bonds. The molecule has 0 radical (unpaired) electrons. The molecule has 3 aliphatic rings. The van der Waals surface area contributed by atoms with E-state index >= 15 is 0 Å². The van der Waals surface area contributed by atoms with Crippen molar-refractivity contribution >= 4 is 30.0 Å². The van der Waals surface area contributed by atoms with Crippen molar-refractivity contribution in [2.45, 2.75) is 37.5 Å². The molecule has 0 fully saturated rings. The van der Waals surface area contributed by atoms with Crippen molar-refractivity contribution in [3.63, 3.8) is 0 Å². The van der Waals surface area contributed by atoms with Gasteiger partial charge in [0.15, 0.2) is 0 Å². The molecule has 5 aromatic carbocycles. The molecule has 5 heteroatoms. The van der Waals surface area contributed by atoms with Crippen LogP contribution in [0.3, 0.4) is 0 Å². The van der Waals surface area contributed by atoms with E-state index in [1.54, 1.807) is 0 Å². The van der Waals surface area contributed by atoms with Gasteiger partial charge >= 0.3 is 0 Å². The highest BCUT2D eigenvalue weighted by atomic mass is 28.3. The van der Waals surface area contributed by atoms with Crippen LogP contribution in [0.2, 0.25) is 19.6 Å². The number of pyridine rings is 2. The highest BCUT2D eigenvalue weighted by molar-refractivity contribution is 6.75. The lowest BCUT2D eigenvalue weighted by molar-refractivity contribution is 0.447. The Bertz CT molecular complexity index is 2620. The van der Waals surface area contributed by atoms with Crippen LogP contribution >= 0.6 is 0 Å². The van der Waals surface area contributed by atoms with Gasteiger partial charge in [0, 0.05) is 48.4 Å². The first-order valence-electron chi connectivity index (χ1n) is 17.9. The number of hydrogen-bond acceptors (Lipinski definition) is 3. The molecular formula is C46H37N3OSi. The number of benzene rings is 5. The predicted octanol–water partition coefficient (Wildman–Crippen LogP) is 11.4. The Morgan fingerprint density at radius 2 is 1.22 bits per heavy atom. The molecule has 2 bridgehead atoms. The van der Waals surface area contributed by atoms with Crippen molar-refractivity contribution in [1.82, 2.24) is 14.5 Å². The SMILES string of the molecule is C[Si](C)(C)Cc1cccc(-c2cccc(Oc3ccc4c5ccccc5n(-c5cccc6c5C5c7ccccc7C6c6ccccc65)c4n3)n2)c1. The second kappa shape index (κ2) is 11.4. The van der Waals surface area contributed by atoms with Crippen molar-refractivity contribution in [1.29, 1.82) is 0 Å². The zero-order valence-electron chi connectivity index (χ0n) is 29.0. The number of rotatable bonds is 6. The van der Waals surface area contributed by atoms with Gasteiger partial charge in [0.2, 0.25) is 11.8 Å². The van der Waals surface area contributed by atoms with Crippen LogP contribution < -0.4 is 4.74 Å². The minimum Gasteiger partial charge on any atom is -0.421 e. The van der Waals surface area contributed by atoms with E-state index in [9.17, 15) is 0 Å². The van der Waals surface area contributed by atoms with Gasteiger partial charge in [-0.05, 0) is 69.8 Å². The Balaban J connectivity index is 1.10. The van der Waals surface area contributed by atoms with E-state index in [0.717, 1.165) is 33.9 Å². The highest BCUT2D eigenvalue weighted by Crippen LogP contribution is 2.57. The molecule has 3 heterocycles. The lowest BCUT2D eigenvalue weighted by Crippen LogP contribution is -2.28. The lowest BCUT2D eigenvalue weighted by atomic mass is 9.61. The number of ether oxygens (including phenoxy) is 1. The van der Waals surface area contributed by atoms with Gasteiger partial charge in [-0.3, -0.25) is 4.57 Å². The van der Waals surface area contributed by atoms with Crippen molar-refractivity contribution in [3.8, 4) is 28.7 Å². The highest BCUT2D eigenvalue weighted by Gasteiger charge is 2.42. The van der Waals surface area contributed by atoms with E-state index < -0.39 is 8.07 Å². The largest absolute Gasteiger partial charge is 0.421 e. The fraction of sp³-hybridized carbons (Fsp3) is 0.130. The molecule has 0 spiro atoms. The predicted molar refractivity (Wildman–Crippen MR) is 210 cm³/mol. The maximum absolute atomic E-state index is 6.47. The summed E-state index contributed by atoms with van der Waals surface area (Å²) in [6.45, 7) is 7.22. The summed E-state index contributed by atoms with van der Waals surface area (Å²) in [4.78, 5) is 10.2. The van der Waals surface area contributed by atoms with Gasteiger partial charge in [-0.25, -0.2) is 4.98 Å². The van der Waals surface area contributed by atoms with Crippen LogP contribution in [0.4, 0.5) is 0 Å². The quantitative estimate of drug-likeness (QED) is 0.165. The van der Waals surface area contributed by atoms with Gasteiger partial charge in [-0.2, -0.15) is 4.98 Å². The molecular weight excluding hydrogens is 639 g/mol. The van der Waals surface area contributed by atoms with E-state index in [1.165, 1.54) is 50.0 Å². The monoisotopic (exact) mass is 675 g/mol. The molecule has 51 heavy (non-hydrogen) atoms. The van der Waals surface area contributed by atoms with Crippen molar-refractivity contribution in [2.75, 3.05) is 0 Å². The molecule has 8 aromatic rings. The molecule has 0 unspecified atom stereocenters. The lowest BCUT2D eigenvalue weighted by Gasteiger charge is -2.43. The molecule has 0 saturated heterocycles. The number of hydrogen-bond donors (Lipinski definition) is 0. The normalized spacial score (nSPS) is 15.8. The fourth-order valence-electron chi connectivity index (χ4n) is 8.70. The number of para-hydroxylation sites is 1. The Morgan fingerprint density at radius 3 is 1.98 bits per heavy atom. The third kappa shape index (κ3) is 4.87. The van der Waals surface area contributed by atoms with Gasteiger partial charge in [0.05, 0.1) is 16.9 Å². The maximum Gasteiger partial charge on any atom is 0.223 e. The standard InChI is InChI=1S/C46H37N3OSi/c1-51(2,3)28-29-13-10-14-30(27-29)38-21-12-24-41(47-38)50-42-26-25-36-31-15-8-9-22-39(31)49(46(36)48-42)40-23-11-20-37-43-32-16-4-6-18-34(32)44(45(37)40)35-19-7-5-17-33(35)43/h4-27,43-44H,28H2,1-3H3. The first-order chi connectivity index (χ1) is 24.9. The van der Waals surface area contributed by atoms with E-state index in [0.29, 0.717) is 11.8 Å². The van der Waals surface area contributed by atoms with Crippen LogP contribution in [-0.4, -0.2) is 22.6 Å². The molecule has 0 N–H and O–H groups in total. The number of nitrogens with zero attached hydrogens (tertiary/aromatic N) is 3. The summed E-state index contributed by atoms with van der Waals surface area (Å²) in [6, 6.07) is 53.5. The molecule has 0 atom stereocenters. The van der Waals surface area contributed by atoms with E-state index in [2.05, 4.69) is 152 Å². The van der Waals surface area contributed by atoms with E-state index in [-0.39, 0.29) is 11.8 Å². The topological polar surface area (TPSA) is 39.9 Å². The smallest absolute Gasteiger partial charge is 0.223 e. The summed E-state index contributed by atoms with van der Waals surface area (Å²) < 4.78 is 8.83. The molecule has 11 rings (SSSR count). The summed E-state index contributed by atoms with van der Waals surface area (Å²) >= 11 is 0. The molecule has 3 aliphatic carbocycles. The maximum atomic E-state index is 6.47. The number of aromatic nitrogens is 3. The first-order valence-corrected chi connectivity index (χ1v) is 21.6. The van der Waals surface area contributed by atoms with Crippen molar-refractivity contribution in [3.05, 3.63) is 185 Å². The average Bonchev–Trinajstić information content (AvgIpc) is 3.47. The second-order valence-corrected chi connectivity index (χ2v) is 20.7. The fourth-order valence-corrected chi connectivity index (χ4v) is 10.1. The van der Waals surface area contributed by atoms with E-state index in [1.807, 2.05) is 18.2 Å². The molecule has 0 aliphatic heterocycles. The second-order valence-electron chi connectivity index (χ2n) is 15.2. The molecule has 3 aromatic heterocycles. The minimum absolute atomic E-state index is 0.139. The van der Waals surface area contributed by atoms with Gasteiger partial charge in [0.1, 0.15) is 5.65 Å². The van der Waals surface area contributed by atoms with Crippen LogP contribution in [0.5, 0.6) is 11.8 Å². The summed E-state index contributed by atoms with van der Waals surface area (Å²) in [7, 11) is -1.25. The van der Waals surface area contributed by atoms with Crippen molar-refractivity contribution in [2.24, 2.45) is 0 Å². The summed E-state index contributed by atoms with van der Waals surface area (Å²) in [6.07, 6.45) is 0. The Kier molecular flexibility index (Phi) is 6.71. The first kappa shape index (κ1) is 30.1. The van der Waals surface area contributed by atoms with Gasteiger partial charge in [-0.15, -0.1) is 0 Å². The molecule has 4 nitrogen and oxygen atoms in total. The van der Waals surface area contributed by atoms with Crippen LogP contribution in [-0.2, 0) is 6.04 Å². The molecule has 246 valence electrons. The van der Waals surface area contributed by atoms with Crippen LogP contribution in [0.15, 0.2) is 146 Å². The Labute approximate surface area is 299 Å². The van der Waals surface area contributed by atoms with Crippen LogP contribution in [0.1, 0.15) is 50.8 Å². The zero-order chi connectivity index (χ0) is 34.3. The van der Waals surface area contributed by atoms with Crippen LogP contribution in [0, 0.1) is 0 Å². The van der Waals surface area contributed by atoms with Crippen LogP contribution in [0.25, 0.3) is 38.9 Å². The Hall–Kier alpha value is -5.78. The third-order valence-corrected chi connectivity index (χ3v) is 12.0. The number of fused-ring (bicyclic) bond motifs is 3. The Morgan fingerprint density at radius 1 is 0.569 bits per heavy atom. The van der Waals surface area contributed by atoms with E-state index in [4.69, 9.17) is 14.7 Å². The van der Waals surface area contributed by atoms with Crippen molar-refractivity contribution < 1.29 is 4.74 Å². The third-order valence-electron chi connectivity index (χ3n) is 10.6. The van der Waals surface area contributed by atoms with Gasteiger partial charge in [0.25, 0.3) is 0 Å². The average molecular weight is 676 g/mol. The zero-order valence-corrected chi connectivity index (χ0v) is 30.0.